The van der Waals surface area contributed by atoms with E-state index in [1.165, 1.54) is 6.92 Å². The third kappa shape index (κ3) is 4.96. The number of carbonyl (C=O) groups is 3. The van der Waals surface area contributed by atoms with E-state index >= 15 is 0 Å². The third-order valence-electron chi connectivity index (χ3n) is 2.77. The Morgan fingerprint density at radius 3 is 2.05 bits per heavy atom. The summed E-state index contributed by atoms with van der Waals surface area (Å²) in [6, 6.07) is -1.10. The zero-order valence-electron chi connectivity index (χ0n) is 12.0. The Balaban J connectivity index is 2.94. The number of carbonyl (C=O) groups excluding carboxylic acids is 3. The number of rotatable bonds is 4. The lowest BCUT2D eigenvalue weighted by molar-refractivity contribution is -0.260. The second-order valence-corrected chi connectivity index (χ2v) is 4.59. The van der Waals surface area contributed by atoms with Gasteiger partial charge in [-0.25, -0.2) is 0 Å². The summed E-state index contributed by atoms with van der Waals surface area (Å²) in [6.45, 7) is 3.22. The fourth-order valence-electron chi connectivity index (χ4n) is 1.95. The number of aliphatic hydroxyl groups is 1. The molecule has 5 atom stereocenters. The van der Waals surface area contributed by atoms with E-state index in [0.29, 0.717) is 0 Å². The van der Waals surface area contributed by atoms with E-state index in [1.54, 1.807) is 0 Å². The molecule has 0 aromatic rings. The van der Waals surface area contributed by atoms with Gasteiger partial charge in [0, 0.05) is 20.8 Å². The molecule has 1 rings (SSSR count). The monoisotopic (exact) mass is 305 g/mol. The fourth-order valence-corrected chi connectivity index (χ4v) is 1.95. The van der Waals surface area contributed by atoms with Crippen LogP contribution < -0.4 is 5.73 Å². The number of aliphatic hydroxyl groups excluding tert-OH is 1. The van der Waals surface area contributed by atoms with Gasteiger partial charge in [0.1, 0.15) is 12.7 Å². The molecule has 1 saturated heterocycles. The topological polar surface area (TPSA) is 134 Å². The van der Waals surface area contributed by atoms with Crippen molar-refractivity contribution in [2.24, 2.45) is 5.73 Å². The van der Waals surface area contributed by atoms with Gasteiger partial charge >= 0.3 is 17.9 Å². The first kappa shape index (κ1) is 17.3. The third-order valence-corrected chi connectivity index (χ3v) is 2.77. The van der Waals surface area contributed by atoms with Crippen LogP contribution >= 0.6 is 0 Å². The van der Waals surface area contributed by atoms with Crippen LogP contribution in [0.2, 0.25) is 0 Å². The maximum Gasteiger partial charge on any atom is 0.303 e. The van der Waals surface area contributed by atoms with Gasteiger partial charge in [-0.2, -0.15) is 0 Å². The minimum atomic E-state index is -1.46. The van der Waals surface area contributed by atoms with Crippen molar-refractivity contribution < 1.29 is 38.4 Å². The van der Waals surface area contributed by atoms with Crippen molar-refractivity contribution in [3.63, 3.8) is 0 Å². The van der Waals surface area contributed by atoms with Gasteiger partial charge in [-0.1, -0.05) is 0 Å². The van der Waals surface area contributed by atoms with Crippen molar-refractivity contribution in [2.75, 3.05) is 6.61 Å². The first-order valence-electron chi connectivity index (χ1n) is 6.29. The Labute approximate surface area is 121 Å². The molecule has 1 heterocycles. The van der Waals surface area contributed by atoms with Crippen LogP contribution in [0.1, 0.15) is 20.8 Å². The van der Waals surface area contributed by atoms with Gasteiger partial charge in [-0.3, -0.25) is 14.4 Å². The standard InChI is InChI=1S/C12H19NO8/c1-5(14)18-4-8-10(19-6(2)15)11(20-7(3)16)9(13)12(17)21-8/h8-12,17H,4,13H2,1-3H3. The minimum Gasteiger partial charge on any atom is -0.463 e. The largest absolute Gasteiger partial charge is 0.463 e. The Morgan fingerprint density at radius 2 is 1.57 bits per heavy atom. The van der Waals surface area contributed by atoms with Gasteiger partial charge in [0.2, 0.25) is 0 Å². The molecule has 0 saturated carbocycles. The number of ether oxygens (including phenoxy) is 4. The van der Waals surface area contributed by atoms with E-state index in [4.69, 9.17) is 24.7 Å². The molecule has 0 amide bonds. The highest BCUT2D eigenvalue weighted by Crippen LogP contribution is 2.24. The zero-order chi connectivity index (χ0) is 16.2. The second-order valence-electron chi connectivity index (χ2n) is 4.59. The molecule has 1 aliphatic heterocycles. The molecule has 21 heavy (non-hydrogen) atoms. The van der Waals surface area contributed by atoms with Gasteiger partial charge in [0.05, 0.1) is 6.04 Å². The molecule has 1 aliphatic rings. The highest BCUT2D eigenvalue weighted by atomic mass is 16.7. The van der Waals surface area contributed by atoms with E-state index in [0.717, 1.165) is 13.8 Å². The molecule has 1 fully saturated rings. The number of nitrogens with two attached hydrogens (primary N) is 1. The normalized spacial score (nSPS) is 32.1. The summed E-state index contributed by atoms with van der Waals surface area (Å²) in [6.07, 6.45) is -4.67. The summed E-state index contributed by atoms with van der Waals surface area (Å²) in [5.74, 6) is -1.89. The van der Waals surface area contributed by atoms with Crippen LogP contribution in [0.25, 0.3) is 0 Å². The van der Waals surface area contributed by atoms with E-state index in [-0.39, 0.29) is 6.61 Å². The van der Waals surface area contributed by atoms with Crippen molar-refractivity contribution in [1.82, 2.24) is 0 Å². The van der Waals surface area contributed by atoms with Crippen molar-refractivity contribution in [3.8, 4) is 0 Å². The molecular weight excluding hydrogens is 286 g/mol. The molecule has 0 radical (unpaired) electrons. The Morgan fingerprint density at radius 1 is 1.05 bits per heavy atom. The van der Waals surface area contributed by atoms with Crippen molar-refractivity contribution in [3.05, 3.63) is 0 Å². The summed E-state index contributed by atoms with van der Waals surface area (Å²) in [5.41, 5.74) is 5.70. The van der Waals surface area contributed by atoms with Crippen LogP contribution in [0.3, 0.4) is 0 Å². The summed E-state index contributed by atoms with van der Waals surface area (Å²) in [4.78, 5) is 33.2. The number of hydrogen-bond acceptors (Lipinski definition) is 9. The highest BCUT2D eigenvalue weighted by molar-refractivity contribution is 5.67. The van der Waals surface area contributed by atoms with E-state index in [1.807, 2.05) is 0 Å². The van der Waals surface area contributed by atoms with Crippen molar-refractivity contribution in [1.29, 1.82) is 0 Å². The van der Waals surface area contributed by atoms with E-state index < -0.39 is 48.6 Å². The van der Waals surface area contributed by atoms with Crippen LogP contribution in [0.5, 0.6) is 0 Å². The summed E-state index contributed by atoms with van der Waals surface area (Å²) >= 11 is 0. The number of hydrogen-bond donors (Lipinski definition) is 2. The minimum absolute atomic E-state index is 0.283. The molecule has 0 spiro atoms. The number of esters is 3. The van der Waals surface area contributed by atoms with Gasteiger partial charge < -0.3 is 29.8 Å². The molecule has 0 aromatic heterocycles. The first-order valence-corrected chi connectivity index (χ1v) is 6.29. The quantitative estimate of drug-likeness (QED) is 0.468. The Bertz CT molecular complexity index is 412. The van der Waals surface area contributed by atoms with E-state index in [2.05, 4.69) is 0 Å². The summed E-state index contributed by atoms with van der Waals surface area (Å²) in [7, 11) is 0. The van der Waals surface area contributed by atoms with Gasteiger partial charge in [0.25, 0.3) is 0 Å². The molecule has 0 aromatic carbocycles. The first-order chi connectivity index (χ1) is 9.72. The van der Waals surface area contributed by atoms with Gasteiger partial charge in [0.15, 0.2) is 18.5 Å². The Hall–Kier alpha value is -1.71. The smallest absolute Gasteiger partial charge is 0.303 e. The lowest BCUT2D eigenvalue weighted by Crippen LogP contribution is -2.64. The lowest BCUT2D eigenvalue weighted by Gasteiger charge is -2.41. The molecule has 5 unspecified atom stereocenters. The highest BCUT2D eigenvalue weighted by Gasteiger charge is 2.48. The maximum absolute atomic E-state index is 11.2. The van der Waals surface area contributed by atoms with E-state index in [9.17, 15) is 19.5 Å². The molecule has 0 bridgehead atoms. The van der Waals surface area contributed by atoms with Crippen LogP contribution in [0, 0.1) is 0 Å². The van der Waals surface area contributed by atoms with Gasteiger partial charge in [-0.05, 0) is 0 Å². The Kier molecular flexibility index (Phi) is 6.06. The molecular formula is C12H19NO8. The second kappa shape index (κ2) is 7.34. The molecule has 9 heteroatoms. The lowest BCUT2D eigenvalue weighted by atomic mass is 9.97. The average molecular weight is 305 g/mol. The average Bonchev–Trinajstić information content (AvgIpc) is 2.35. The molecule has 120 valence electrons. The van der Waals surface area contributed by atoms with Crippen LogP contribution in [0.4, 0.5) is 0 Å². The molecule has 0 aliphatic carbocycles. The van der Waals surface area contributed by atoms with Gasteiger partial charge in [-0.15, -0.1) is 0 Å². The SMILES string of the molecule is CC(=O)OCC1OC(O)C(N)C(OC(C)=O)C1OC(C)=O. The predicted octanol–water partition coefficient (Wildman–Crippen LogP) is -1.54. The van der Waals surface area contributed by atoms with Crippen LogP contribution in [0.15, 0.2) is 0 Å². The van der Waals surface area contributed by atoms with Crippen molar-refractivity contribution in [2.45, 2.75) is 51.4 Å². The predicted molar refractivity (Wildman–Crippen MR) is 66.6 cm³/mol. The maximum atomic E-state index is 11.2. The molecule has 9 nitrogen and oxygen atoms in total. The van der Waals surface area contributed by atoms with Crippen molar-refractivity contribution >= 4 is 17.9 Å². The summed E-state index contributed by atoms with van der Waals surface area (Å²) in [5, 5.41) is 9.73. The van der Waals surface area contributed by atoms with Crippen LogP contribution in [-0.4, -0.2) is 60.3 Å². The fraction of sp³-hybridized carbons (Fsp3) is 0.750. The summed E-state index contributed by atoms with van der Waals surface area (Å²) < 4.78 is 20.0. The van der Waals surface area contributed by atoms with Crippen LogP contribution in [-0.2, 0) is 33.3 Å². The zero-order valence-corrected chi connectivity index (χ0v) is 12.0. The molecule has 3 N–H and O–H groups in total.